The molecule has 0 spiro atoms. The van der Waals surface area contributed by atoms with Crippen LogP contribution in [0, 0.1) is 0 Å². The highest BCUT2D eigenvalue weighted by Crippen LogP contribution is 2.29. The summed E-state index contributed by atoms with van der Waals surface area (Å²) >= 11 is 0. The Labute approximate surface area is 162 Å². The summed E-state index contributed by atoms with van der Waals surface area (Å²) in [4.78, 5) is 19.9. The summed E-state index contributed by atoms with van der Waals surface area (Å²) in [5.74, 6) is 2.49. The minimum Gasteiger partial charge on any atom is -0.439 e. The molecule has 4 rings (SSSR count). The number of hydrogen-bond donors (Lipinski definition) is 0. The molecule has 0 atom stereocenters. The maximum atomic E-state index is 10.9. The standard InChI is InChI=1S/C23H16N2O3/c26-16-17-11-13-18(14-12-17)23-24-21(27-19-7-3-1-4-8-19)15-22(25-23)28-20-9-5-2-6-10-20/h1-16H. The third kappa shape index (κ3) is 4.22. The van der Waals surface area contributed by atoms with Crippen molar-refractivity contribution in [1.29, 1.82) is 0 Å². The van der Waals surface area contributed by atoms with Gasteiger partial charge in [-0.3, -0.25) is 4.79 Å². The zero-order valence-corrected chi connectivity index (χ0v) is 14.9. The number of carbonyl (C=O) groups is 1. The number of para-hydroxylation sites is 2. The molecule has 0 unspecified atom stereocenters. The van der Waals surface area contributed by atoms with Crippen LogP contribution in [0.25, 0.3) is 11.4 Å². The lowest BCUT2D eigenvalue weighted by molar-refractivity contribution is 0.112. The number of carbonyl (C=O) groups excluding carboxylic acids is 1. The second kappa shape index (κ2) is 8.14. The van der Waals surface area contributed by atoms with E-state index >= 15 is 0 Å². The first-order valence-electron chi connectivity index (χ1n) is 8.71. The molecule has 5 nitrogen and oxygen atoms in total. The molecule has 28 heavy (non-hydrogen) atoms. The van der Waals surface area contributed by atoms with Crippen molar-refractivity contribution < 1.29 is 14.3 Å². The minimum absolute atomic E-state index is 0.363. The summed E-state index contributed by atoms with van der Waals surface area (Å²) < 4.78 is 11.8. The average Bonchev–Trinajstić information content (AvgIpc) is 2.75. The maximum Gasteiger partial charge on any atom is 0.226 e. The largest absolute Gasteiger partial charge is 0.439 e. The lowest BCUT2D eigenvalue weighted by Crippen LogP contribution is -1.97. The summed E-state index contributed by atoms with van der Waals surface area (Å²) in [6.45, 7) is 0. The van der Waals surface area contributed by atoms with Crippen molar-refractivity contribution in [1.82, 2.24) is 9.97 Å². The number of ether oxygens (including phenoxy) is 2. The molecule has 0 saturated carbocycles. The summed E-state index contributed by atoms with van der Waals surface area (Å²) in [5, 5.41) is 0. The second-order valence-corrected chi connectivity index (χ2v) is 5.94. The molecule has 0 aliphatic heterocycles. The van der Waals surface area contributed by atoms with Gasteiger partial charge in [0.15, 0.2) is 5.82 Å². The van der Waals surface area contributed by atoms with Crippen molar-refractivity contribution in [2.24, 2.45) is 0 Å². The lowest BCUT2D eigenvalue weighted by Gasteiger charge is -2.10. The smallest absolute Gasteiger partial charge is 0.226 e. The molecule has 1 aromatic heterocycles. The number of hydrogen-bond acceptors (Lipinski definition) is 5. The fourth-order valence-corrected chi connectivity index (χ4v) is 2.57. The van der Waals surface area contributed by atoms with E-state index in [1.807, 2.05) is 60.7 Å². The van der Waals surface area contributed by atoms with Crippen LogP contribution in [-0.4, -0.2) is 16.3 Å². The predicted molar refractivity (Wildman–Crippen MR) is 106 cm³/mol. The first-order chi connectivity index (χ1) is 13.8. The van der Waals surface area contributed by atoms with Gasteiger partial charge in [-0.25, -0.2) is 0 Å². The molecular weight excluding hydrogens is 352 g/mol. The summed E-state index contributed by atoms with van der Waals surface area (Å²) in [7, 11) is 0. The number of rotatable bonds is 6. The number of benzene rings is 3. The van der Waals surface area contributed by atoms with Gasteiger partial charge in [-0.1, -0.05) is 60.7 Å². The molecule has 1 heterocycles. The maximum absolute atomic E-state index is 10.9. The normalized spacial score (nSPS) is 10.3. The average molecular weight is 368 g/mol. The van der Waals surface area contributed by atoms with Gasteiger partial charge in [0.2, 0.25) is 11.8 Å². The Kier molecular flexibility index (Phi) is 5.06. The van der Waals surface area contributed by atoms with E-state index in [-0.39, 0.29) is 0 Å². The number of aldehydes is 1. The molecule has 0 bridgehead atoms. The molecular formula is C23H16N2O3. The van der Waals surface area contributed by atoms with E-state index in [0.29, 0.717) is 34.6 Å². The van der Waals surface area contributed by atoms with Crippen LogP contribution in [0.5, 0.6) is 23.3 Å². The second-order valence-electron chi connectivity index (χ2n) is 5.94. The van der Waals surface area contributed by atoms with Gasteiger partial charge < -0.3 is 9.47 Å². The first-order valence-corrected chi connectivity index (χ1v) is 8.71. The van der Waals surface area contributed by atoms with Crippen LogP contribution in [0.4, 0.5) is 0 Å². The molecule has 0 amide bonds. The Morgan fingerprint density at radius 1 is 0.643 bits per heavy atom. The quantitative estimate of drug-likeness (QED) is 0.418. The Balaban J connectivity index is 1.72. The van der Waals surface area contributed by atoms with Crippen LogP contribution < -0.4 is 9.47 Å². The van der Waals surface area contributed by atoms with Gasteiger partial charge in [-0.2, -0.15) is 9.97 Å². The first kappa shape index (κ1) is 17.4. The molecule has 3 aromatic carbocycles. The zero-order chi connectivity index (χ0) is 19.2. The van der Waals surface area contributed by atoms with Crippen molar-refractivity contribution in [2.75, 3.05) is 0 Å². The van der Waals surface area contributed by atoms with E-state index in [2.05, 4.69) is 9.97 Å². The van der Waals surface area contributed by atoms with E-state index in [4.69, 9.17) is 9.47 Å². The Bertz CT molecular complexity index is 1010. The van der Waals surface area contributed by atoms with Crippen LogP contribution in [0.2, 0.25) is 0 Å². The van der Waals surface area contributed by atoms with Gasteiger partial charge in [0.05, 0.1) is 6.07 Å². The Hall–Kier alpha value is -3.99. The van der Waals surface area contributed by atoms with Crippen molar-refractivity contribution >= 4 is 6.29 Å². The third-order valence-electron chi connectivity index (χ3n) is 3.92. The zero-order valence-electron chi connectivity index (χ0n) is 14.9. The van der Waals surface area contributed by atoms with Gasteiger partial charge in [-0.15, -0.1) is 0 Å². The van der Waals surface area contributed by atoms with Crippen LogP contribution in [0.3, 0.4) is 0 Å². The van der Waals surface area contributed by atoms with E-state index < -0.39 is 0 Å². The highest BCUT2D eigenvalue weighted by molar-refractivity contribution is 5.76. The van der Waals surface area contributed by atoms with E-state index in [0.717, 1.165) is 11.8 Å². The Morgan fingerprint density at radius 2 is 1.14 bits per heavy atom. The highest BCUT2D eigenvalue weighted by atomic mass is 16.5. The fraction of sp³-hybridized carbons (Fsp3) is 0. The topological polar surface area (TPSA) is 61.3 Å². The highest BCUT2D eigenvalue weighted by Gasteiger charge is 2.11. The minimum atomic E-state index is 0.363. The van der Waals surface area contributed by atoms with E-state index in [1.54, 1.807) is 30.3 Å². The molecule has 4 aromatic rings. The fourth-order valence-electron chi connectivity index (χ4n) is 2.57. The molecule has 5 heteroatoms. The van der Waals surface area contributed by atoms with Crippen molar-refractivity contribution in [2.45, 2.75) is 0 Å². The van der Waals surface area contributed by atoms with Gasteiger partial charge in [0.25, 0.3) is 0 Å². The molecule has 0 aliphatic carbocycles. The number of nitrogens with zero attached hydrogens (tertiary/aromatic N) is 2. The van der Waals surface area contributed by atoms with Gasteiger partial charge >= 0.3 is 0 Å². The number of aromatic nitrogens is 2. The molecule has 0 N–H and O–H groups in total. The SMILES string of the molecule is O=Cc1ccc(-c2nc(Oc3ccccc3)cc(Oc3ccccc3)n2)cc1. The van der Waals surface area contributed by atoms with Crippen molar-refractivity contribution in [3.05, 3.63) is 96.6 Å². The lowest BCUT2D eigenvalue weighted by atomic mass is 10.1. The van der Waals surface area contributed by atoms with Gasteiger partial charge in [-0.05, 0) is 24.3 Å². The van der Waals surface area contributed by atoms with Gasteiger partial charge in [0, 0.05) is 11.1 Å². The van der Waals surface area contributed by atoms with Crippen molar-refractivity contribution in [3.63, 3.8) is 0 Å². The molecule has 0 saturated heterocycles. The molecule has 0 aliphatic rings. The molecule has 136 valence electrons. The van der Waals surface area contributed by atoms with E-state index in [1.165, 1.54) is 0 Å². The molecule has 0 fully saturated rings. The summed E-state index contributed by atoms with van der Waals surface area (Å²) in [5.41, 5.74) is 1.34. The third-order valence-corrected chi connectivity index (χ3v) is 3.92. The van der Waals surface area contributed by atoms with Crippen LogP contribution in [0.1, 0.15) is 10.4 Å². The monoisotopic (exact) mass is 368 g/mol. The van der Waals surface area contributed by atoms with Gasteiger partial charge in [0.1, 0.15) is 17.8 Å². The van der Waals surface area contributed by atoms with Crippen LogP contribution >= 0.6 is 0 Å². The Morgan fingerprint density at radius 3 is 1.61 bits per heavy atom. The van der Waals surface area contributed by atoms with Crippen molar-refractivity contribution in [3.8, 4) is 34.6 Å². The van der Waals surface area contributed by atoms with Crippen LogP contribution in [0.15, 0.2) is 91.0 Å². The molecule has 0 radical (unpaired) electrons. The van der Waals surface area contributed by atoms with Crippen LogP contribution in [-0.2, 0) is 0 Å². The summed E-state index contributed by atoms with van der Waals surface area (Å²) in [6.07, 6.45) is 0.795. The summed E-state index contributed by atoms with van der Waals surface area (Å²) in [6, 6.07) is 27.4. The predicted octanol–water partition coefficient (Wildman–Crippen LogP) is 5.54. The van der Waals surface area contributed by atoms with E-state index in [9.17, 15) is 4.79 Å².